The second kappa shape index (κ2) is 8.19. The van der Waals surface area contributed by atoms with Gasteiger partial charge in [-0.15, -0.1) is 12.4 Å². The van der Waals surface area contributed by atoms with Gasteiger partial charge in [0.2, 0.25) is 0 Å². The first-order chi connectivity index (χ1) is 12.1. The summed E-state index contributed by atoms with van der Waals surface area (Å²) in [6.45, 7) is 3.14. The maximum Gasteiger partial charge on any atom is 0.177 e. The molecule has 0 bridgehead atoms. The van der Waals surface area contributed by atoms with Crippen LogP contribution in [0.2, 0.25) is 0 Å². The molecule has 0 spiro atoms. The first kappa shape index (κ1) is 19.5. The molecule has 2 aromatic rings. The van der Waals surface area contributed by atoms with Gasteiger partial charge in [0.25, 0.3) is 0 Å². The molecule has 0 amide bonds. The molecule has 7 heteroatoms. The molecule has 1 atom stereocenters. The summed E-state index contributed by atoms with van der Waals surface area (Å²) in [6, 6.07) is 2.63. The van der Waals surface area contributed by atoms with E-state index in [0.29, 0.717) is 23.2 Å². The van der Waals surface area contributed by atoms with Gasteiger partial charge in [0.15, 0.2) is 4.77 Å². The van der Waals surface area contributed by atoms with E-state index in [1.54, 1.807) is 0 Å². The fourth-order valence-electron chi connectivity index (χ4n) is 4.29. The Morgan fingerprint density at radius 3 is 2.69 bits per heavy atom. The van der Waals surface area contributed by atoms with Crippen LogP contribution in [0.1, 0.15) is 48.5 Å². The van der Waals surface area contributed by atoms with Crippen molar-refractivity contribution in [3.8, 4) is 0 Å². The maximum atomic E-state index is 14.0. The minimum atomic E-state index is -0.497. The van der Waals surface area contributed by atoms with Crippen LogP contribution in [0.5, 0.6) is 0 Å². The summed E-state index contributed by atoms with van der Waals surface area (Å²) in [6.07, 6.45) is 7.90. The molecule has 26 heavy (non-hydrogen) atoms. The normalized spacial score (nSPS) is 20.5. The van der Waals surface area contributed by atoms with E-state index < -0.39 is 11.6 Å². The molecule has 2 heterocycles. The number of hydrogen-bond donors (Lipinski definition) is 1. The van der Waals surface area contributed by atoms with E-state index in [-0.39, 0.29) is 18.4 Å². The fraction of sp³-hybridized carbons (Fsp3) is 0.526. The van der Waals surface area contributed by atoms with Crippen LogP contribution < -0.4 is 0 Å². The zero-order valence-corrected chi connectivity index (χ0v) is 16.3. The van der Waals surface area contributed by atoms with E-state index in [2.05, 4.69) is 14.5 Å². The highest BCUT2D eigenvalue weighted by molar-refractivity contribution is 7.71. The molecule has 1 N–H and O–H groups in total. The van der Waals surface area contributed by atoms with Gasteiger partial charge in [0, 0.05) is 24.8 Å². The summed E-state index contributed by atoms with van der Waals surface area (Å²) in [5.74, 6) is -0.914. The number of imidazole rings is 1. The largest absolute Gasteiger partial charge is 0.337 e. The van der Waals surface area contributed by atoms with Crippen molar-refractivity contribution >= 4 is 24.6 Å². The van der Waals surface area contributed by atoms with Crippen molar-refractivity contribution in [1.82, 2.24) is 14.5 Å². The van der Waals surface area contributed by atoms with Crippen LogP contribution in [0, 0.1) is 16.4 Å². The molecule has 1 aliphatic heterocycles. The van der Waals surface area contributed by atoms with E-state index in [0.717, 1.165) is 37.7 Å². The predicted molar refractivity (Wildman–Crippen MR) is 103 cm³/mol. The third-order valence-corrected chi connectivity index (χ3v) is 5.84. The summed E-state index contributed by atoms with van der Waals surface area (Å²) in [7, 11) is 0. The number of rotatable bonds is 3. The van der Waals surface area contributed by atoms with E-state index in [4.69, 9.17) is 12.2 Å². The third-order valence-electron chi connectivity index (χ3n) is 5.53. The van der Waals surface area contributed by atoms with E-state index in [1.165, 1.54) is 31.0 Å². The van der Waals surface area contributed by atoms with Crippen LogP contribution in [0.4, 0.5) is 8.78 Å². The van der Waals surface area contributed by atoms with E-state index in [9.17, 15) is 8.78 Å². The zero-order valence-electron chi connectivity index (χ0n) is 14.6. The SMILES string of the molecule is Cl.Fc1cc(F)c2c(c1)CC(n1c(CN3CCCCC3)c[nH]c1=S)CC2. The number of nitrogens with zero attached hydrogens (tertiary/aromatic N) is 2. The quantitative estimate of drug-likeness (QED) is 0.737. The smallest absolute Gasteiger partial charge is 0.177 e. The van der Waals surface area contributed by atoms with Gasteiger partial charge in [-0.25, -0.2) is 8.78 Å². The molecular weight excluding hydrogens is 376 g/mol. The molecular formula is C19H24ClF2N3S. The molecule has 0 radical (unpaired) electrons. The van der Waals surface area contributed by atoms with Crippen LogP contribution in [0.15, 0.2) is 18.3 Å². The number of likely N-dealkylation sites (tertiary alicyclic amines) is 1. The number of halogens is 3. The topological polar surface area (TPSA) is 24.0 Å². The van der Waals surface area contributed by atoms with Crippen LogP contribution in [0.25, 0.3) is 0 Å². The number of hydrogen-bond acceptors (Lipinski definition) is 2. The summed E-state index contributed by atoms with van der Waals surface area (Å²) < 4.78 is 30.5. The van der Waals surface area contributed by atoms with Gasteiger partial charge in [-0.2, -0.15) is 0 Å². The van der Waals surface area contributed by atoms with Crippen molar-refractivity contribution in [2.24, 2.45) is 0 Å². The van der Waals surface area contributed by atoms with Crippen molar-refractivity contribution in [1.29, 1.82) is 0 Å². The number of aromatic nitrogens is 2. The Balaban J connectivity index is 0.00000196. The Bertz CT molecular complexity index is 827. The number of H-pyrrole nitrogens is 1. The number of fused-ring (bicyclic) bond motifs is 1. The molecule has 1 aromatic heterocycles. The first-order valence-corrected chi connectivity index (χ1v) is 9.50. The Kier molecular flexibility index (Phi) is 6.15. The molecule has 4 rings (SSSR count). The Morgan fingerprint density at radius 1 is 1.15 bits per heavy atom. The number of benzene rings is 1. The lowest BCUT2D eigenvalue weighted by Gasteiger charge is -2.30. The number of nitrogens with one attached hydrogen (secondary N) is 1. The highest BCUT2D eigenvalue weighted by Gasteiger charge is 2.26. The van der Waals surface area contributed by atoms with Gasteiger partial charge in [-0.3, -0.25) is 4.90 Å². The van der Waals surface area contributed by atoms with Gasteiger partial charge in [-0.1, -0.05) is 6.42 Å². The van der Waals surface area contributed by atoms with Gasteiger partial charge < -0.3 is 9.55 Å². The van der Waals surface area contributed by atoms with Crippen molar-refractivity contribution in [3.05, 3.63) is 51.6 Å². The maximum absolute atomic E-state index is 14.0. The summed E-state index contributed by atoms with van der Waals surface area (Å²) in [4.78, 5) is 5.64. The molecule has 2 aliphatic rings. The lowest BCUT2D eigenvalue weighted by atomic mass is 9.87. The monoisotopic (exact) mass is 399 g/mol. The van der Waals surface area contributed by atoms with Gasteiger partial charge in [0.1, 0.15) is 11.6 Å². The van der Waals surface area contributed by atoms with Crippen molar-refractivity contribution < 1.29 is 8.78 Å². The summed E-state index contributed by atoms with van der Waals surface area (Å²) in [5.41, 5.74) is 2.62. The van der Waals surface area contributed by atoms with Crippen LogP contribution in [0.3, 0.4) is 0 Å². The average molecular weight is 400 g/mol. The molecule has 1 fully saturated rings. The number of piperidine rings is 1. The van der Waals surface area contributed by atoms with E-state index in [1.807, 2.05) is 6.20 Å². The van der Waals surface area contributed by atoms with Crippen molar-refractivity contribution in [3.63, 3.8) is 0 Å². The Labute approximate surface area is 163 Å². The molecule has 1 saturated heterocycles. The first-order valence-electron chi connectivity index (χ1n) is 9.10. The minimum Gasteiger partial charge on any atom is -0.337 e. The molecule has 142 valence electrons. The Hall–Kier alpha value is -1.24. The van der Waals surface area contributed by atoms with Crippen LogP contribution in [-0.4, -0.2) is 27.5 Å². The summed E-state index contributed by atoms with van der Waals surface area (Å²) in [5, 5.41) is 0. The average Bonchev–Trinajstić information content (AvgIpc) is 2.95. The van der Waals surface area contributed by atoms with Gasteiger partial charge in [0.05, 0.1) is 5.69 Å². The van der Waals surface area contributed by atoms with Crippen LogP contribution >= 0.6 is 24.6 Å². The highest BCUT2D eigenvalue weighted by Crippen LogP contribution is 2.32. The molecule has 3 nitrogen and oxygen atoms in total. The lowest BCUT2D eigenvalue weighted by molar-refractivity contribution is 0.213. The van der Waals surface area contributed by atoms with E-state index >= 15 is 0 Å². The second-order valence-electron chi connectivity index (χ2n) is 7.21. The predicted octanol–water partition coefficient (Wildman–Crippen LogP) is 4.96. The molecule has 0 saturated carbocycles. The molecule has 1 unspecified atom stereocenters. The summed E-state index contributed by atoms with van der Waals surface area (Å²) >= 11 is 5.51. The highest BCUT2D eigenvalue weighted by atomic mass is 35.5. The molecule has 1 aliphatic carbocycles. The zero-order chi connectivity index (χ0) is 17.4. The third kappa shape index (κ3) is 3.87. The van der Waals surface area contributed by atoms with Crippen LogP contribution in [-0.2, 0) is 19.4 Å². The van der Waals surface area contributed by atoms with Crippen molar-refractivity contribution in [2.75, 3.05) is 13.1 Å². The minimum absolute atomic E-state index is 0. The second-order valence-corrected chi connectivity index (χ2v) is 7.60. The number of aromatic amines is 1. The lowest BCUT2D eigenvalue weighted by Crippen LogP contribution is -2.31. The standard InChI is InChI=1S/C19H23F2N3S.ClH/c20-14-8-13-9-15(4-5-17(13)18(21)10-14)24-16(11-22-19(24)25)12-23-6-2-1-3-7-23;/h8,10-11,15H,1-7,9,12H2,(H,22,25);1H. The van der Waals surface area contributed by atoms with Gasteiger partial charge in [-0.05, 0) is 74.6 Å². The Morgan fingerprint density at radius 2 is 1.92 bits per heavy atom. The molecule has 1 aromatic carbocycles. The van der Waals surface area contributed by atoms with Crippen molar-refractivity contribution in [2.45, 2.75) is 51.1 Å². The fourth-order valence-corrected chi connectivity index (χ4v) is 4.61. The van der Waals surface area contributed by atoms with Gasteiger partial charge >= 0.3 is 0 Å².